The SMILES string of the molecule is COC(=O)C1C2CCCC2CN1C(=O)COc1cccc(F)c1. The summed E-state index contributed by atoms with van der Waals surface area (Å²) < 4.78 is 23.4. The Kier molecular flexibility index (Phi) is 4.50. The van der Waals surface area contributed by atoms with Crippen molar-refractivity contribution in [3.05, 3.63) is 30.1 Å². The van der Waals surface area contributed by atoms with E-state index in [1.54, 1.807) is 11.0 Å². The van der Waals surface area contributed by atoms with E-state index in [4.69, 9.17) is 9.47 Å². The fraction of sp³-hybridized carbons (Fsp3) is 0.529. The second-order valence-corrected chi connectivity index (χ2v) is 6.11. The standard InChI is InChI=1S/C17H20FNO4/c1-22-17(21)16-14-7-2-4-11(14)9-19(16)15(20)10-23-13-6-3-5-12(18)8-13/h3,5-6,8,11,14,16H,2,4,7,9-10H2,1H3. The quantitative estimate of drug-likeness (QED) is 0.796. The van der Waals surface area contributed by atoms with Crippen LogP contribution in [-0.4, -0.2) is 43.1 Å². The molecule has 0 aromatic heterocycles. The second kappa shape index (κ2) is 6.56. The molecule has 1 aliphatic heterocycles. The first-order valence-electron chi connectivity index (χ1n) is 7.86. The smallest absolute Gasteiger partial charge is 0.328 e. The lowest BCUT2D eigenvalue weighted by atomic mass is 9.94. The molecule has 1 saturated heterocycles. The van der Waals surface area contributed by atoms with E-state index in [-0.39, 0.29) is 24.4 Å². The van der Waals surface area contributed by atoms with Crippen molar-refractivity contribution in [2.75, 3.05) is 20.3 Å². The fourth-order valence-corrected chi connectivity index (χ4v) is 3.77. The van der Waals surface area contributed by atoms with Crippen molar-refractivity contribution in [2.45, 2.75) is 25.3 Å². The minimum atomic E-state index is -0.517. The van der Waals surface area contributed by atoms with Crippen LogP contribution in [0.25, 0.3) is 0 Å². The van der Waals surface area contributed by atoms with Crippen molar-refractivity contribution >= 4 is 11.9 Å². The zero-order valence-corrected chi connectivity index (χ0v) is 13.0. The van der Waals surface area contributed by atoms with E-state index in [1.165, 1.54) is 25.3 Å². The molecule has 3 atom stereocenters. The van der Waals surface area contributed by atoms with Gasteiger partial charge in [0, 0.05) is 12.6 Å². The van der Waals surface area contributed by atoms with Gasteiger partial charge in [0.25, 0.3) is 5.91 Å². The molecule has 1 heterocycles. The summed E-state index contributed by atoms with van der Waals surface area (Å²) in [5, 5.41) is 0. The highest BCUT2D eigenvalue weighted by molar-refractivity contribution is 5.86. The molecule has 5 nitrogen and oxygen atoms in total. The topological polar surface area (TPSA) is 55.8 Å². The lowest BCUT2D eigenvalue weighted by molar-refractivity contribution is -0.153. The van der Waals surface area contributed by atoms with Gasteiger partial charge in [-0.15, -0.1) is 0 Å². The van der Waals surface area contributed by atoms with Gasteiger partial charge in [0.05, 0.1) is 7.11 Å². The number of methoxy groups -OCH3 is 1. The first-order chi connectivity index (χ1) is 11.1. The number of likely N-dealkylation sites (tertiary alicyclic amines) is 1. The summed E-state index contributed by atoms with van der Waals surface area (Å²) in [5.74, 6) is -0.208. The summed E-state index contributed by atoms with van der Waals surface area (Å²) in [7, 11) is 1.34. The zero-order valence-electron chi connectivity index (χ0n) is 13.0. The predicted molar refractivity (Wildman–Crippen MR) is 80.2 cm³/mol. The highest BCUT2D eigenvalue weighted by atomic mass is 19.1. The van der Waals surface area contributed by atoms with Gasteiger partial charge in [0.2, 0.25) is 0 Å². The molecule has 1 aromatic rings. The average Bonchev–Trinajstić information content (AvgIpc) is 3.12. The Bertz CT molecular complexity index is 606. The molecule has 0 N–H and O–H groups in total. The van der Waals surface area contributed by atoms with Crippen molar-refractivity contribution in [3.8, 4) is 5.75 Å². The van der Waals surface area contributed by atoms with Crippen LogP contribution in [0.15, 0.2) is 24.3 Å². The van der Waals surface area contributed by atoms with Crippen LogP contribution < -0.4 is 4.74 Å². The summed E-state index contributed by atoms with van der Waals surface area (Å²) in [6.07, 6.45) is 3.07. The van der Waals surface area contributed by atoms with E-state index < -0.39 is 11.9 Å². The van der Waals surface area contributed by atoms with Gasteiger partial charge in [-0.05, 0) is 36.8 Å². The fourth-order valence-electron chi connectivity index (χ4n) is 3.77. The van der Waals surface area contributed by atoms with Crippen molar-refractivity contribution in [3.63, 3.8) is 0 Å². The molecule has 0 radical (unpaired) electrons. The Morgan fingerprint density at radius 1 is 1.35 bits per heavy atom. The number of nitrogens with zero attached hydrogens (tertiary/aromatic N) is 1. The largest absolute Gasteiger partial charge is 0.484 e. The van der Waals surface area contributed by atoms with E-state index >= 15 is 0 Å². The summed E-state index contributed by atoms with van der Waals surface area (Å²) in [6.45, 7) is 0.353. The van der Waals surface area contributed by atoms with Crippen LogP contribution in [0.1, 0.15) is 19.3 Å². The number of ether oxygens (including phenoxy) is 2. The van der Waals surface area contributed by atoms with Gasteiger partial charge in [-0.3, -0.25) is 4.79 Å². The summed E-state index contributed by atoms with van der Waals surface area (Å²) in [5.41, 5.74) is 0. The molecular formula is C17H20FNO4. The van der Waals surface area contributed by atoms with E-state index in [9.17, 15) is 14.0 Å². The summed E-state index contributed by atoms with van der Waals surface area (Å²) in [6, 6.07) is 5.13. The lowest BCUT2D eigenvalue weighted by Gasteiger charge is -2.25. The van der Waals surface area contributed by atoms with Crippen LogP contribution in [0.4, 0.5) is 4.39 Å². The molecular weight excluding hydrogens is 301 g/mol. The first kappa shape index (κ1) is 15.8. The monoisotopic (exact) mass is 321 g/mol. The number of benzene rings is 1. The van der Waals surface area contributed by atoms with Crippen molar-refractivity contribution in [2.24, 2.45) is 11.8 Å². The highest BCUT2D eigenvalue weighted by Gasteiger charge is 2.49. The molecule has 3 unspecified atom stereocenters. The number of fused-ring (bicyclic) bond motifs is 1. The third-order valence-electron chi connectivity index (χ3n) is 4.81. The van der Waals surface area contributed by atoms with Gasteiger partial charge in [-0.1, -0.05) is 12.5 Å². The number of carbonyl (C=O) groups is 2. The van der Waals surface area contributed by atoms with Crippen molar-refractivity contribution < 1.29 is 23.5 Å². The maximum atomic E-state index is 13.1. The van der Waals surface area contributed by atoms with Crippen LogP contribution in [-0.2, 0) is 14.3 Å². The molecule has 2 aliphatic rings. The minimum absolute atomic E-state index is 0.181. The van der Waals surface area contributed by atoms with E-state index in [0.717, 1.165) is 19.3 Å². The number of amides is 1. The molecule has 6 heteroatoms. The van der Waals surface area contributed by atoms with Crippen LogP contribution in [0.2, 0.25) is 0 Å². The normalized spacial score (nSPS) is 26.0. The third-order valence-corrected chi connectivity index (χ3v) is 4.81. The summed E-state index contributed by atoms with van der Waals surface area (Å²) in [4.78, 5) is 26.1. The van der Waals surface area contributed by atoms with E-state index in [0.29, 0.717) is 18.2 Å². The lowest BCUT2D eigenvalue weighted by Crippen LogP contribution is -2.45. The van der Waals surface area contributed by atoms with Gasteiger partial charge >= 0.3 is 5.97 Å². The molecule has 1 saturated carbocycles. The molecule has 23 heavy (non-hydrogen) atoms. The number of hydrogen-bond acceptors (Lipinski definition) is 4. The van der Waals surface area contributed by atoms with Gasteiger partial charge in [0.15, 0.2) is 6.61 Å². The van der Waals surface area contributed by atoms with Crippen LogP contribution in [0, 0.1) is 17.7 Å². The second-order valence-electron chi connectivity index (χ2n) is 6.11. The molecule has 1 amide bonds. The number of hydrogen-bond donors (Lipinski definition) is 0. The van der Waals surface area contributed by atoms with Crippen molar-refractivity contribution in [1.29, 1.82) is 0 Å². The predicted octanol–water partition coefficient (Wildman–Crippen LogP) is 2.00. The molecule has 3 rings (SSSR count). The van der Waals surface area contributed by atoms with Crippen LogP contribution in [0.5, 0.6) is 5.75 Å². The maximum absolute atomic E-state index is 13.1. The Hall–Kier alpha value is -2.11. The van der Waals surface area contributed by atoms with Gasteiger partial charge in [-0.2, -0.15) is 0 Å². The van der Waals surface area contributed by atoms with Crippen LogP contribution >= 0.6 is 0 Å². The minimum Gasteiger partial charge on any atom is -0.484 e. The Morgan fingerprint density at radius 2 is 2.17 bits per heavy atom. The highest BCUT2D eigenvalue weighted by Crippen LogP contribution is 2.42. The Labute approximate surface area is 134 Å². The van der Waals surface area contributed by atoms with Crippen LogP contribution in [0.3, 0.4) is 0 Å². The Balaban J connectivity index is 1.67. The number of carbonyl (C=O) groups excluding carboxylic acids is 2. The number of halogens is 1. The molecule has 1 aliphatic carbocycles. The number of rotatable bonds is 4. The van der Waals surface area contributed by atoms with Gasteiger partial charge in [-0.25, -0.2) is 9.18 Å². The molecule has 2 fully saturated rings. The first-order valence-corrected chi connectivity index (χ1v) is 7.86. The maximum Gasteiger partial charge on any atom is 0.328 e. The molecule has 0 spiro atoms. The molecule has 0 bridgehead atoms. The van der Waals surface area contributed by atoms with Gasteiger partial charge in [0.1, 0.15) is 17.6 Å². The summed E-state index contributed by atoms with van der Waals surface area (Å²) >= 11 is 0. The molecule has 1 aromatic carbocycles. The van der Waals surface area contributed by atoms with Crippen molar-refractivity contribution in [1.82, 2.24) is 4.90 Å². The third kappa shape index (κ3) is 3.16. The number of esters is 1. The van der Waals surface area contributed by atoms with E-state index in [2.05, 4.69) is 0 Å². The zero-order chi connectivity index (χ0) is 16.4. The van der Waals surface area contributed by atoms with E-state index in [1.807, 2.05) is 0 Å². The average molecular weight is 321 g/mol. The molecule has 124 valence electrons. The van der Waals surface area contributed by atoms with Gasteiger partial charge < -0.3 is 14.4 Å². The Morgan fingerprint density at radius 3 is 2.91 bits per heavy atom.